The Morgan fingerprint density at radius 3 is 2.88 bits per heavy atom. The second-order valence-corrected chi connectivity index (χ2v) is 4.90. The molecule has 0 aliphatic rings. The highest BCUT2D eigenvalue weighted by atomic mass is 32.2. The monoisotopic (exact) mass is 234 g/mol. The number of hydrogen-bond donors (Lipinski definition) is 1. The van der Waals surface area contributed by atoms with E-state index in [1.165, 1.54) is 28.6 Å². The fourth-order valence-electron chi connectivity index (χ4n) is 2.05. The van der Waals surface area contributed by atoms with Crippen LogP contribution in [0.1, 0.15) is 12.0 Å². The molecule has 0 saturated heterocycles. The molecule has 1 aromatic heterocycles. The molecule has 86 valence electrons. The van der Waals surface area contributed by atoms with Crippen LogP contribution < -0.4 is 5.73 Å². The molecule has 2 nitrogen and oxygen atoms in total. The van der Waals surface area contributed by atoms with Gasteiger partial charge in [-0.2, -0.15) is 11.8 Å². The van der Waals surface area contributed by atoms with Crippen molar-refractivity contribution in [3.8, 4) is 0 Å². The van der Waals surface area contributed by atoms with Gasteiger partial charge in [0.15, 0.2) is 0 Å². The van der Waals surface area contributed by atoms with Crippen molar-refractivity contribution in [1.29, 1.82) is 0 Å². The Labute approximate surface area is 101 Å². The van der Waals surface area contributed by atoms with E-state index in [4.69, 9.17) is 5.73 Å². The van der Waals surface area contributed by atoms with Crippen molar-refractivity contribution in [1.82, 2.24) is 4.57 Å². The molecule has 1 heterocycles. The average molecular weight is 234 g/mol. The van der Waals surface area contributed by atoms with Gasteiger partial charge in [-0.1, -0.05) is 18.2 Å². The first-order valence-electron chi connectivity index (χ1n) is 5.62. The van der Waals surface area contributed by atoms with Crippen LogP contribution in [0.25, 0.3) is 10.9 Å². The van der Waals surface area contributed by atoms with Crippen LogP contribution in [0.4, 0.5) is 0 Å². The first-order chi connectivity index (χ1) is 7.86. The van der Waals surface area contributed by atoms with Crippen molar-refractivity contribution in [2.24, 2.45) is 5.73 Å². The standard InChI is InChI=1S/C13H18N2S/c1-16-8-4-7-15-10-11(9-14)12-5-2-3-6-13(12)15/h2-3,5-6,10H,4,7-9,14H2,1H3. The minimum atomic E-state index is 0.621. The van der Waals surface area contributed by atoms with E-state index in [2.05, 4.69) is 41.3 Å². The van der Waals surface area contributed by atoms with E-state index in [-0.39, 0.29) is 0 Å². The molecular formula is C13H18N2S. The number of nitrogens with zero attached hydrogens (tertiary/aromatic N) is 1. The Hall–Kier alpha value is -0.930. The van der Waals surface area contributed by atoms with Gasteiger partial charge in [-0.25, -0.2) is 0 Å². The van der Waals surface area contributed by atoms with E-state index in [1.807, 2.05) is 11.8 Å². The van der Waals surface area contributed by atoms with Crippen molar-refractivity contribution in [3.05, 3.63) is 36.0 Å². The first kappa shape index (κ1) is 11.6. The fraction of sp³-hybridized carbons (Fsp3) is 0.385. The summed E-state index contributed by atoms with van der Waals surface area (Å²) in [6.45, 7) is 1.71. The lowest BCUT2D eigenvalue weighted by Crippen LogP contribution is -1.98. The van der Waals surface area contributed by atoms with Gasteiger partial charge in [0.05, 0.1) is 0 Å². The third-order valence-corrected chi connectivity index (χ3v) is 3.54. The highest BCUT2D eigenvalue weighted by Gasteiger charge is 2.05. The molecule has 0 bridgehead atoms. The fourth-order valence-corrected chi connectivity index (χ4v) is 2.47. The van der Waals surface area contributed by atoms with E-state index in [0.29, 0.717) is 6.54 Å². The normalized spacial score (nSPS) is 11.1. The SMILES string of the molecule is CSCCCn1cc(CN)c2ccccc21. The predicted octanol–water partition coefficient (Wildman–Crippen LogP) is 2.85. The maximum absolute atomic E-state index is 5.77. The summed E-state index contributed by atoms with van der Waals surface area (Å²) in [4.78, 5) is 0. The number of fused-ring (bicyclic) bond motifs is 1. The number of nitrogens with two attached hydrogens (primary N) is 1. The van der Waals surface area contributed by atoms with Crippen molar-refractivity contribution >= 4 is 22.7 Å². The van der Waals surface area contributed by atoms with Crippen LogP contribution in [0.3, 0.4) is 0 Å². The molecule has 0 fully saturated rings. The Kier molecular flexibility index (Phi) is 3.91. The van der Waals surface area contributed by atoms with Crippen LogP contribution in [-0.2, 0) is 13.1 Å². The summed E-state index contributed by atoms with van der Waals surface area (Å²) in [6, 6.07) is 8.50. The molecule has 0 radical (unpaired) electrons. The van der Waals surface area contributed by atoms with E-state index >= 15 is 0 Å². The van der Waals surface area contributed by atoms with E-state index in [9.17, 15) is 0 Å². The quantitative estimate of drug-likeness (QED) is 0.806. The molecule has 2 aromatic rings. The van der Waals surface area contributed by atoms with Crippen LogP contribution in [0, 0.1) is 0 Å². The second-order valence-electron chi connectivity index (χ2n) is 3.92. The summed E-state index contributed by atoms with van der Waals surface area (Å²) >= 11 is 1.90. The summed E-state index contributed by atoms with van der Waals surface area (Å²) in [6.07, 6.45) is 5.56. The molecule has 0 amide bonds. The number of hydrogen-bond acceptors (Lipinski definition) is 2. The van der Waals surface area contributed by atoms with Crippen molar-refractivity contribution in [2.45, 2.75) is 19.5 Å². The number of rotatable bonds is 5. The smallest absolute Gasteiger partial charge is 0.0483 e. The molecule has 2 N–H and O–H groups in total. The maximum atomic E-state index is 5.77. The summed E-state index contributed by atoms with van der Waals surface area (Å²) < 4.78 is 2.33. The van der Waals surface area contributed by atoms with Gasteiger partial charge in [0.1, 0.15) is 0 Å². The molecule has 1 aromatic carbocycles. The zero-order valence-corrected chi connectivity index (χ0v) is 10.5. The van der Waals surface area contributed by atoms with E-state index in [1.54, 1.807) is 0 Å². The van der Waals surface area contributed by atoms with E-state index < -0.39 is 0 Å². The lowest BCUT2D eigenvalue weighted by molar-refractivity contribution is 0.706. The lowest BCUT2D eigenvalue weighted by atomic mass is 10.2. The molecular weight excluding hydrogens is 216 g/mol. The largest absolute Gasteiger partial charge is 0.347 e. The Balaban J connectivity index is 2.30. The van der Waals surface area contributed by atoms with Gasteiger partial charge in [-0.05, 0) is 30.1 Å². The molecule has 0 unspecified atom stereocenters. The van der Waals surface area contributed by atoms with Crippen LogP contribution in [0.2, 0.25) is 0 Å². The second kappa shape index (κ2) is 5.41. The minimum absolute atomic E-state index is 0.621. The van der Waals surface area contributed by atoms with E-state index in [0.717, 1.165) is 6.54 Å². The van der Waals surface area contributed by atoms with Gasteiger partial charge >= 0.3 is 0 Å². The zero-order valence-electron chi connectivity index (χ0n) is 9.65. The molecule has 3 heteroatoms. The topological polar surface area (TPSA) is 30.9 Å². The van der Waals surface area contributed by atoms with Crippen molar-refractivity contribution in [2.75, 3.05) is 12.0 Å². The highest BCUT2D eigenvalue weighted by molar-refractivity contribution is 7.98. The number of aryl methyl sites for hydroxylation is 1. The van der Waals surface area contributed by atoms with Gasteiger partial charge in [-0.3, -0.25) is 0 Å². The Morgan fingerprint density at radius 1 is 1.31 bits per heavy atom. The van der Waals surface area contributed by atoms with Gasteiger partial charge in [0.2, 0.25) is 0 Å². The summed E-state index contributed by atoms with van der Waals surface area (Å²) in [7, 11) is 0. The third-order valence-electron chi connectivity index (χ3n) is 2.84. The van der Waals surface area contributed by atoms with Crippen LogP contribution in [0.5, 0.6) is 0 Å². The number of benzene rings is 1. The minimum Gasteiger partial charge on any atom is -0.347 e. The summed E-state index contributed by atoms with van der Waals surface area (Å²) in [5.74, 6) is 1.21. The molecule has 0 atom stereocenters. The Morgan fingerprint density at radius 2 is 2.12 bits per heavy atom. The summed E-state index contributed by atoms with van der Waals surface area (Å²) in [5, 5.41) is 1.30. The highest BCUT2D eigenvalue weighted by Crippen LogP contribution is 2.21. The molecule has 0 aliphatic heterocycles. The molecule has 16 heavy (non-hydrogen) atoms. The zero-order chi connectivity index (χ0) is 11.4. The van der Waals surface area contributed by atoms with Gasteiger partial charge in [0.25, 0.3) is 0 Å². The molecule has 0 spiro atoms. The number of para-hydroxylation sites is 1. The van der Waals surface area contributed by atoms with Crippen LogP contribution >= 0.6 is 11.8 Å². The average Bonchev–Trinajstić information content (AvgIpc) is 2.68. The van der Waals surface area contributed by atoms with Crippen molar-refractivity contribution < 1.29 is 0 Å². The van der Waals surface area contributed by atoms with Gasteiger partial charge in [0, 0.05) is 30.2 Å². The summed E-state index contributed by atoms with van der Waals surface area (Å²) in [5.41, 5.74) is 8.33. The van der Waals surface area contributed by atoms with Gasteiger partial charge in [-0.15, -0.1) is 0 Å². The molecule has 0 saturated carbocycles. The lowest BCUT2D eigenvalue weighted by Gasteiger charge is -2.03. The third kappa shape index (κ3) is 2.25. The van der Waals surface area contributed by atoms with Crippen molar-refractivity contribution in [3.63, 3.8) is 0 Å². The molecule has 0 aliphatic carbocycles. The Bertz CT molecular complexity index is 462. The number of thioether (sulfide) groups is 1. The maximum Gasteiger partial charge on any atom is 0.0483 e. The van der Waals surface area contributed by atoms with Crippen LogP contribution in [0.15, 0.2) is 30.5 Å². The predicted molar refractivity (Wildman–Crippen MR) is 72.8 cm³/mol. The molecule has 2 rings (SSSR count). The first-order valence-corrected chi connectivity index (χ1v) is 7.02. The van der Waals surface area contributed by atoms with Crippen LogP contribution in [-0.4, -0.2) is 16.6 Å². The van der Waals surface area contributed by atoms with Gasteiger partial charge < -0.3 is 10.3 Å². The number of aromatic nitrogens is 1.